The van der Waals surface area contributed by atoms with Crippen LogP contribution in [0.2, 0.25) is 20.4 Å². The van der Waals surface area contributed by atoms with Crippen molar-refractivity contribution in [3.8, 4) is 11.1 Å². The van der Waals surface area contributed by atoms with Gasteiger partial charge in [0.25, 0.3) is 0 Å². The highest BCUT2D eigenvalue weighted by Gasteiger charge is 2.08. The lowest BCUT2D eigenvalue weighted by Gasteiger charge is -2.04. The molecule has 0 saturated heterocycles. The zero-order valence-electron chi connectivity index (χ0n) is 7.72. The van der Waals surface area contributed by atoms with E-state index in [9.17, 15) is 0 Å². The van der Waals surface area contributed by atoms with Crippen LogP contribution in [0.4, 0.5) is 0 Å². The molecular formula is C10H4Cl4N2. The Morgan fingerprint density at radius 2 is 1.56 bits per heavy atom. The number of hydrogen-bond donors (Lipinski definition) is 0. The van der Waals surface area contributed by atoms with E-state index in [4.69, 9.17) is 46.4 Å². The molecule has 0 aliphatic rings. The van der Waals surface area contributed by atoms with Gasteiger partial charge in [0.15, 0.2) is 10.3 Å². The fourth-order valence-corrected chi connectivity index (χ4v) is 1.87. The van der Waals surface area contributed by atoms with Crippen LogP contribution in [0, 0.1) is 0 Å². The lowest BCUT2D eigenvalue weighted by molar-refractivity contribution is 1.03. The number of aromatic nitrogens is 2. The maximum Gasteiger partial charge on any atom is 0.159 e. The normalized spacial score (nSPS) is 10.5. The molecular weight excluding hydrogens is 290 g/mol. The molecule has 16 heavy (non-hydrogen) atoms. The van der Waals surface area contributed by atoms with Crippen LogP contribution in [-0.2, 0) is 0 Å². The van der Waals surface area contributed by atoms with Crippen molar-refractivity contribution in [3.63, 3.8) is 0 Å². The fourth-order valence-electron chi connectivity index (χ4n) is 1.22. The predicted molar refractivity (Wildman–Crippen MR) is 67.5 cm³/mol. The van der Waals surface area contributed by atoms with Crippen molar-refractivity contribution in [1.29, 1.82) is 0 Å². The van der Waals surface area contributed by atoms with Crippen molar-refractivity contribution in [1.82, 2.24) is 10.2 Å². The van der Waals surface area contributed by atoms with Gasteiger partial charge in [0.2, 0.25) is 0 Å². The molecule has 0 atom stereocenters. The van der Waals surface area contributed by atoms with Gasteiger partial charge in [0, 0.05) is 5.56 Å². The first-order valence-corrected chi connectivity index (χ1v) is 5.73. The molecule has 0 fully saturated rings. The molecule has 0 aliphatic carbocycles. The number of benzene rings is 1. The Balaban J connectivity index is 2.58. The van der Waals surface area contributed by atoms with Crippen LogP contribution >= 0.6 is 46.4 Å². The molecule has 0 spiro atoms. The van der Waals surface area contributed by atoms with Gasteiger partial charge in [-0.05, 0) is 23.8 Å². The lowest BCUT2D eigenvalue weighted by Crippen LogP contribution is -1.88. The maximum atomic E-state index is 5.91. The SMILES string of the molecule is Clc1cc(-c2ccc(Cl)c(Cl)c2)c(Cl)nn1. The number of rotatable bonds is 1. The Labute approximate surface area is 112 Å². The van der Waals surface area contributed by atoms with Crippen LogP contribution < -0.4 is 0 Å². The van der Waals surface area contributed by atoms with Crippen LogP contribution in [0.25, 0.3) is 11.1 Å². The summed E-state index contributed by atoms with van der Waals surface area (Å²) in [6.45, 7) is 0. The van der Waals surface area contributed by atoms with Crippen molar-refractivity contribution < 1.29 is 0 Å². The van der Waals surface area contributed by atoms with Gasteiger partial charge in [-0.2, -0.15) is 0 Å². The summed E-state index contributed by atoms with van der Waals surface area (Å²) in [5.74, 6) is 0. The largest absolute Gasteiger partial charge is 0.159 e. The van der Waals surface area contributed by atoms with Crippen LogP contribution in [0.5, 0.6) is 0 Å². The summed E-state index contributed by atoms with van der Waals surface area (Å²) in [5, 5.41) is 8.81. The average molecular weight is 294 g/mol. The van der Waals surface area contributed by atoms with Gasteiger partial charge in [-0.15, -0.1) is 10.2 Å². The quantitative estimate of drug-likeness (QED) is 0.758. The molecule has 0 bridgehead atoms. The third kappa shape index (κ3) is 2.41. The molecule has 2 aromatic rings. The van der Waals surface area contributed by atoms with Gasteiger partial charge in [-0.25, -0.2) is 0 Å². The Morgan fingerprint density at radius 1 is 0.812 bits per heavy atom. The Morgan fingerprint density at radius 3 is 2.25 bits per heavy atom. The summed E-state index contributed by atoms with van der Waals surface area (Å²) in [6.07, 6.45) is 0. The maximum absolute atomic E-state index is 5.91. The summed E-state index contributed by atoms with van der Waals surface area (Å²) in [7, 11) is 0. The Bertz CT molecular complexity index is 542. The summed E-state index contributed by atoms with van der Waals surface area (Å²) in [4.78, 5) is 0. The van der Waals surface area contributed by atoms with Crippen LogP contribution in [0.3, 0.4) is 0 Å². The number of nitrogens with zero attached hydrogens (tertiary/aromatic N) is 2. The second-order valence-electron chi connectivity index (χ2n) is 3.00. The molecule has 0 saturated carbocycles. The fraction of sp³-hybridized carbons (Fsp3) is 0. The standard InChI is InChI=1S/C10H4Cl4N2/c11-7-2-1-5(3-8(7)12)6-4-9(13)15-16-10(6)14/h1-4H. The van der Waals surface area contributed by atoms with Crippen LogP contribution in [0.15, 0.2) is 24.3 Å². The van der Waals surface area contributed by atoms with E-state index >= 15 is 0 Å². The second-order valence-corrected chi connectivity index (χ2v) is 4.56. The minimum absolute atomic E-state index is 0.266. The third-order valence-corrected chi connectivity index (χ3v) is 3.15. The number of hydrogen-bond acceptors (Lipinski definition) is 2. The Hall–Kier alpha value is -0.540. The molecule has 2 rings (SSSR count). The summed E-state index contributed by atoms with van der Waals surface area (Å²) < 4.78 is 0. The van der Waals surface area contributed by atoms with Gasteiger partial charge in [0.1, 0.15) is 0 Å². The summed E-state index contributed by atoms with van der Waals surface area (Å²) in [5.41, 5.74) is 1.46. The molecule has 0 amide bonds. The zero-order chi connectivity index (χ0) is 11.7. The van der Waals surface area contributed by atoms with Crippen LogP contribution in [0.1, 0.15) is 0 Å². The van der Waals surface area contributed by atoms with Gasteiger partial charge in [0.05, 0.1) is 10.0 Å². The first-order chi connectivity index (χ1) is 7.58. The average Bonchev–Trinajstić information content (AvgIpc) is 2.26. The topological polar surface area (TPSA) is 25.8 Å². The monoisotopic (exact) mass is 292 g/mol. The van der Waals surface area contributed by atoms with Crippen molar-refractivity contribution >= 4 is 46.4 Å². The zero-order valence-corrected chi connectivity index (χ0v) is 10.7. The number of halogens is 4. The molecule has 0 radical (unpaired) electrons. The Kier molecular flexibility index (Phi) is 3.55. The molecule has 1 heterocycles. The first-order valence-electron chi connectivity index (χ1n) is 4.22. The molecule has 0 aliphatic heterocycles. The van der Waals surface area contributed by atoms with Crippen molar-refractivity contribution in [2.24, 2.45) is 0 Å². The van der Waals surface area contributed by atoms with Crippen molar-refractivity contribution in [3.05, 3.63) is 44.6 Å². The minimum Gasteiger partial charge on any atom is -0.137 e. The van der Waals surface area contributed by atoms with Crippen molar-refractivity contribution in [2.75, 3.05) is 0 Å². The van der Waals surface area contributed by atoms with Crippen molar-refractivity contribution in [2.45, 2.75) is 0 Å². The van der Waals surface area contributed by atoms with Gasteiger partial charge < -0.3 is 0 Å². The van der Waals surface area contributed by atoms with Gasteiger partial charge >= 0.3 is 0 Å². The van der Waals surface area contributed by atoms with E-state index in [0.717, 1.165) is 5.56 Å². The van der Waals surface area contributed by atoms with Gasteiger partial charge in [-0.1, -0.05) is 52.5 Å². The lowest BCUT2D eigenvalue weighted by atomic mass is 10.1. The van der Waals surface area contributed by atoms with E-state index in [1.165, 1.54) is 0 Å². The molecule has 0 N–H and O–H groups in total. The van der Waals surface area contributed by atoms with E-state index in [2.05, 4.69) is 10.2 Å². The first kappa shape index (κ1) is 11.9. The highest BCUT2D eigenvalue weighted by molar-refractivity contribution is 6.42. The predicted octanol–water partition coefficient (Wildman–Crippen LogP) is 4.76. The summed E-state index contributed by atoms with van der Waals surface area (Å²) in [6, 6.07) is 6.79. The van der Waals surface area contributed by atoms with E-state index < -0.39 is 0 Å². The third-order valence-electron chi connectivity index (χ3n) is 1.95. The van der Waals surface area contributed by atoms with E-state index in [0.29, 0.717) is 15.6 Å². The van der Waals surface area contributed by atoms with E-state index in [1.54, 1.807) is 24.3 Å². The highest BCUT2D eigenvalue weighted by atomic mass is 35.5. The van der Waals surface area contributed by atoms with E-state index in [1.807, 2.05) is 0 Å². The molecule has 1 aromatic heterocycles. The molecule has 0 unspecified atom stereocenters. The highest BCUT2D eigenvalue weighted by Crippen LogP contribution is 2.32. The minimum atomic E-state index is 0.266. The second kappa shape index (κ2) is 4.76. The molecule has 82 valence electrons. The smallest absolute Gasteiger partial charge is 0.137 e. The molecule has 2 nitrogen and oxygen atoms in total. The summed E-state index contributed by atoms with van der Waals surface area (Å²) >= 11 is 23.4. The van der Waals surface area contributed by atoms with E-state index in [-0.39, 0.29) is 10.3 Å². The van der Waals surface area contributed by atoms with Crippen LogP contribution in [-0.4, -0.2) is 10.2 Å². The van der Waals surface area contributed by atoms with Gasteiger partial charge in [-0.3, -0.25) is 0 Å². The molecule has 1 aromatic carbocycles. The molecule has 6 heteroatoms.